The van der Waals surface area contributed by atoms with Gasteiger partial charge in [-0.3, -0.25) is 9.59 Å². The SMILES string of the molecule is NC(=O)C(=O)Nc1ccccc1. The Bertz CT molecular complexity index is 295. The van der Waals surface area contributed by atoms with Crippen LogP contribution in [0.5, 0.6) is 0 Å². The molecule has 0 fully saturated rings. The Hall–Kier alpha value is -1.84. The number of primary amides is 1. The first-order valence-corrected chi connectivity index (χ1v) is 3.36. The van der Waals surface area contributed by atoms with Crippen molar-refractivity contribution in [3.63, 3.8) is 0 Å². The van der Waals surface area contributed by atoms with E-state index in [4.69, 9.17) is 5.73 Å². The average Bonchev–Trinajstić information content (AvgIpc) is 2.06. The molecule has 0 saturated heterocycles. The second-order valence-electron chi connectivity index (χ2n) is 2.18. The highest BCUT2D eigenvalue weighted by atomic mass is 16.2. The smallest absolute Gasteiger partial charge is 0.313 e. The van der Waals surface area contributed by atoms with E-state index >= 15 is 0 Å². The van der Waals surface area contributed by atoms with Gasteiger partial charge in [-0.1, -0.05) is 18.2 Å². The van der Waals surface area contributed by atoms with Gasteiger partial charge in [0.25, 0.3) is 0 Å². The molecule has 1 rings (SSSR count). The number of benzene rings is 1. The summed E-state index contributed by atoms with van der Waals surface area (Å²) >= 11 is 0. The van der Waals surface area contributed by atoms with Crippen LogP contribution < -0.4 is 11.1 Å². The zero-order valence-electron chi connectivity index (χ0n) is 6.28. The second-order valence-corrected chi connectivity index (χ2v) is 2.18. The lowest BCUT2D eigenvalue weighted by Gasteiger charge is -1.99. The Morgan fingerprint density at radius 1 is 1.17 bits per heavy atom. The molecule has 12 heavy (non-hydrogen) atoms. The number of carbonyl (C=O) groups is 2. The Morgan fingerprint density at radius 2 is 1.75 bits per heavy atom. The molecule has 0 heterocycles. The summed E-state index contributed by atoms with van der Waals surface area (Å²) < 4.78 is 0. The lowest BCUT2D eigenvalue weighted by Crippen LogP contribution is -2.29. The van der Waals surface area contributed by atoms with Gasteiger partial charge in [-0.05, 0) is 12.1 Å². The standard InChI is InChI=1S/C8H8N2O2/c9-7(11)8(12)10-6-4-2-1-3-5-6/h1-5H,(H2,9,11)(H,10,12). The van der Waals surface area contributed by atoms with E-state index in [9.17, 15) is 9.59 Å². The number of rotatable bonds is 1. The molecule has 1 aromatic carbocycles. The van der Waals surface area contributed by atoms with Gasteiger partial charge in [-0.25, -0.2) is 0 Å². The van der Waals surface area contributed by atoms with E-state index in [0.29, 0.717) is 5.69 Å². The molecule has 0 aromatic heterocycles. The van der Waals surface area contributed by atoms with E-state index in [1.54, 1.807) is 30.3 Å². The summed E-state index contributed by atoms with van der Waals surface area (Å²) in [6.45, 7) is 0. The van der Waals surface area contributed by atoms with Crippen LogP contribution in [0.2, 0.25) is 0 Å². The number of hydrogen-bond acceptors (Lipinski definition) is 2. The molecule has 0 aliphatic carbocycles. The summed E-state index contributed by atoms with van der Waals surface area (Å²) in [6.07, 6.45) is 0. The van der Waals surface area contributed by atoms with Crippen molar-refractivity contribution in [3.05, 3.63) is 30.3 Å². The van der Waals surface area contributed by atoms with Gasteiger partial charge in [0.2, 0.25) is 0 Å². The summed E-state index contributed by atoms with van der Waals surface area (Å²) in [5.41, 5.74) is 5.29. The maximum Gasteiger partial charge on any atom is 0.313 e. The number of nitrogens with two attached hydrogens (primary N) is 1. The molecule has 0 saturated carbocycles. The maximum absolute atomic E-state index is 10.7. The number of para-hydroxylation sites is 1. The molecule has 62 valence electrons. The molecule has 2 amide bonds. The van der Waals surface area contributed by atoms with Crippen LogP contribution >= 0.6 is 0 Å². The third kappa shape index (κ3) is 2.09. The molecule has 0 bridgehead atoms. The van der Waals surface area contributed by atoms with Crippen molar-refractivity contribution in [2.24, 2.45) is 5.73 Å². The summed E-state index contributed by atoms with van der Waals surface area (Å²) in [7, 11) is 0. The minimum atomic E-state index is -0.987. The van der Waals surface area contributed by atoms with Crippen LogP contribution in [0.3, 0.4) is 0 Å². The summed E-state index contributed by atoms with van der Waals surface area (Å²) in [5.74, 6) is -1.79. The van der Waals surface area contributed by atoms with Gasteiger partial charge in [0, 0.05) is 5.69 Å². The number of carbonyl (C=O) groups excluding carboxylic acids is 2. The first kappa shape index (κ1) is 8.26. The molecule has 0 atom stereocenters. The lowest BCUT2D eigenvalue weighted by atomic mass is 10.3. The maximum atomic E-state index is 10.7. The van der Waals surface area contributed by atoms with Gasteiger partial charge in [0.1, 0.15) is 0 Å². The van der Waals surface area contributed by atoms with E-state index in [2.05, 4.69) is 5.32 Å². The third-order valence-electron chi connectivity index (χ3n) is 1.26. The van der Waals surface area contributed by atoms with E-state index in [1.807, 2.05) is 0 Å². The fraction of sp³-hybridized carbons (Fsp3) is 0. The molecule has 0 radical (unpaired) electrons. The topological polar surface area (TPSA) is 72.2 Å². The van der Waals surface area contributed by atoms with Crippen molar-refractivity contribution >= 4 is 17.5 Å². The highest BCUT2D eigenvalue weighted by molar-refractivity contribution is 6.39. The van der Waals surface area contributed by atoms with Crippen LogP contribution in [0, 0.1) is 0 Å². The summed E-state index contributed by atoms with van der Waals surface area (Å²) in [6, 6.07) is 8.63. The Morgan fingerprint density at radius 3 is 2.25 bits per heavy atom. The van der Waals surface area contributed by atoms with Crippen LogP contribution in [0.15, 0.2) is 30.3 Å². The average molecular weight is 164 g/mol. The molecule has 0 aliphatic heterocycles. The molecule has 0 unspecified atom stereocenters. The summed E-state index contributed by atoms with van der Waals surface area (Å²) in [5, 5.41) is 2.33. The van der Waals surface area contributed by atoms with Crippen LogP contribution in [-0.2, 0) is 9.59 Å². The predicted molar refractivity (Wildman–Crippen MR) is 44.3 cm³/mol. The van der Waals surface area contributed by atoms with E-state index in [0.717, 1.165) is 0 Å². The van der Waals surface area contributed by atoms with Gasteiger partial charge in [0.15, 0.2) is 0 Å². The van der Waals surface area contributed by atoms with Crippen molar-refractivity contribution in [3.8, 4) is 0 Å². The van der Waals surface area contributed by atoms with Gasteiger partial charge >= 0.3 is 11.8 Å². The zero-order valence-corrected chi connectivity index (χ0v) is 6.28. The molecule has 3 N–H and O–H groups in total. The van der Waals surface area contributed by atoms with Crippen LogP contribution in [-0.4, -0.2) is 11.8 Å². The Balaban J connectivity index is 2.65. The summed E-state index contributed by atoms with van der Waals surface area (Å²) in [4.78, 5) is 21.0. The highest BCUT2D eigenvalue weighted by Crippen LogP contribution is 2.03. The van der Waals surface area contributed by atoms with E-state index in [1.165, 1.54) is 0 Å². The molecule has 4 nitrogen and oxygen atoms in total. The van der Waals surface area contributed by atoms with Crippen molar-refractivity contribution in [2.45, 2.75) is 0 Å². The minimum absolute atomic E-state index is 0.557. The Labute approximate surface area is 69.4 Å². The largest absolute Gasteiger partial charge is 0.361 e. The molecule has 4 heteroatoms. The lowest BCUT2D eigenvalue weighted by molar-refractivity contribution is -0.134. The normalized spacial score (nSPS) is 9.00. The minimum Gasteiger partial charge on any atom is -0.361 e. The zero-order chi connectivity index (χ0) is 8.97. The van der Waals surface area contributed by atoms with Crippen molar-refractivity contribution in [1.29, 1.82) is 0 Å². The van der Waals surface area contributed by atoms with E-state index < -0.39 is 11.8 Å². The third-order valence-corrected chi connectivity index (χ3v) is 1.26. The molecular weight excluding hydrogens is 156 g/mol. The van der Waals surface area contributed by atoms with Crippen LogP contribution in [0.1, 0.15) is 0 Å². The number of hydrogen-bond donors (Lipinski definition) is 2. The van der Waals surface area contributed by atoms with Gasteiger partial charge in [0.05, 0.1) is 0 Å². The highest BCUT2D eigenvalue weighted by Gasteiger charge is 2.07. The van der Waals surface area contributed by atoms with Crippen LogP contribution in [0.4, 0.5) is 5.69 Å². The van der Waals surface area contributed by atoms with Gasteiger partial charge in [-0.2, -0.15) is 0 Å². The number of amides is 2. The van der Waals surface area contributed by atoms with Crippen molar-refractivity contribution in [1.82, 2.24) is 0 Å². The molecular formula is C8H8N2O2. The fourth-order valence-corrected chi connectivity index (χ4v) is 0.714. The second kappa shape index (κ2) is 3.52. The molecule has 1 aromatic rings. The van der Waals surface area contributed by atoms with E-state index in [-0.39, 0.29) is 0 Å². The number of anilines is 1. The first-order valence-electron chi connectivity index (χ1n) is 3.36. The van der Waals surface area contributed by atoms with Crippen molar-refractivity contribution in [2.75, 3.05) is 5.32 Å². The first-order chi connectivity index (χ1) is 5.70. The van der Waals surface area contributed by atoms with Gasteiger partial charge < -0.3 is 11.1 Å². The number of nitrogens with one attached hydrogen (secondary N) is 1. The predicted octanol–water partition coefficient (Wildman–Crippen LogP) is 0.110. The molecule has 0 spiro atoms. The van der Waals surface area contributed by atoms with Crippen LogP contribution in [0.25, 0.3) is 0 Å². The fourth-order valence-electron chi connectivity index (χ4n) is 0.714. The molecule has 0 aliphatic rings. The van der Waals surface area contributed by atoms with Crippen molar-refractivity contribution < 1.29 is 9.59 Å². The Kier molecular flexibility index (Phi) is 2.42. The quantitative estimate of drug-likeness (QED) is 0.578. The monoisotopic (exact) mass is 164 g/mol. The van der Waals surface area contributed by atoms with Gasteiger partial charge in [-0.15, -0.1) is 0 Å².